The highest BCUT2D eigenvalue weighted by Gasteiger charge is 2.45. The summed E-state index contributed by atoms with van der Waals surface area (Å²) in [5, 5.41) is 0. The molecule has 2 fully saturated rings. The Kier molecular flexibility index (Phi) is 3.33. The van der Waals surface area contributed by atoms with E-state index >= 15 is 0 Å². The molecule has 0 bridgehead atoms. The van der Waals surface area contributed by atoms with Crippen LogP contribution in [0.3, 0.4) is 0 Å². The van der Waals surface area contributed by atoms with E-state index in [9.17, 15) is 0 Å². The van der Waals surface area contributed by atoms with Gasteiger partial charge in [-0.05, 0) is 18.6 Å². The second kappa shape index (κ2) is 4.96. The van der Waals surface area contributed by atoms with Gasteiger partial charge in [-0.25, -0.2) is 0 Å². The molecule has 4 nitrogen and oxygen atoms in total. The predicted octanol–water partition coefficient (Wildman–Crippen LogP) is 1.46. The first-order valence-electron chi connectivity index (χ1n) is 6.59. The average molecular weight is 248 g/mol. The summed E-state index contributed by atoms with van der Waals surface area (Å²) in [6, 6.07) is 6.08. The van der Waals surface area contributed by atoms with Gasteiger partial charge < -0.3 is 9.47 Å². The first-order chi connectivity index (χ1) is 8.80. The molecule has 0 saturated carbocycles. The summed E-state index contributed by atoms with van der Waals surface area (Å²) in [6.45, 7) is 3.76. The van der Waals surface area contributed by atoms with Crippen LogP contribution in [0.2, 0.25) is 0 Å². The molecule has 1 aromatic rings. The first kappa shape index (κ1) is 12.1. The maximum Gasteiger partial charge on any atom is 0.0847 e. The second-order valence-electron chi connectivity index (χ2n) is 5.34. The van der Waals surface area contributed by atoms with Crippen molar-refractivity contribution in [2.45, 2.75) is 31.1 Å². The normalized spacial score (nSPS) is 32.4. The molecule has 2 aliphatic heterocycles. The molecule has 0 radical (unpaired) electrons. The topological polar surface area (TPSA) is 34.6 Å². The monoisotopic (exact) mass is 248 g/mol. The molecule has 98 valence electrons. The van der Waals surface area contributed by atoms with Crippen molar-refractivity contribution >= 4 is 0 Å². The van der Waals surface area contributed by atoms with E-state index in [2.05, 4.69) is 16.0 Å². The van der Waals surface area contributed by atoms with Crippen LogP contribution in [0.5, 0.6) is 0 Å². The van der Waals surface area contributed by atoms with E-state index < -0.39 is 0 Å². The van der Waals surface area contributed by atoms with Crippen LogP contribution < -0.4 is 0 Å². The highest BCUT2D eigenvalue weighted by atomic mass is 16.6. The Hall–Kier alpha value is -0.970. The highest BCUT2D eigenvalue weighted by molar-refractivity contribution is 5.05. The summed E-state index contributed by atoms with van der Waals surface area (Å²) in [5.41, 5.74) is 1.17. The lowest BCUT2D eigenvalue weighted by atomic mass is 9.98. The van der Waals surface area contributed by atoms with Crippen molar-refractivity contribution in [3.05, 3.63) is 30.1 Å². The Labute approximate surface area is 108 Å². The van der Waals surface area contributed by atoms with Gasteiger partial charge in [-0.15, -0.1) is 0 Å². The predicted molar refractivity (Wildman–Crippen MR) is 68.2 cm³/mol. The van der Waals surface area contributed by atoms with Crippen molar-refractivity contribution in [1.29, 1.82) is 0 Å². The Balaban J connectivity index is 1.59. The number of hydrogen-bond donors (Lipinski definition) is 0. The van der Waals surface area contributed by atoms with Crippen molar-refractivity contribution in [3.63, 3.8) is 0 Å². The minimum Gasteiger partial charge on any atom is -0.379 e. The largest absolute Gasteiger partial charge is 0.379 e. The molecule has 4 heteroatoms. The second-order valence-corrected chi connectivity index (χ2v) is 5.34. The fraction of sp³-hybridized carbons (Fsp3) is 0.643. The molecule has 3 heterocycles. The van der Waals surface area contributed by atoms with Gasteiger partial charge in [-0.1, -0.05) is 6.07 Å². The Bertz CT molecular complexity index is 398. The average Bonchev–Trinajstić information content (AvgIpc) is 2.99. The molecule has 0 unspecified atom stereocenters. The Morgan fingerprint density at radius 2 is 2.50 bits per heavy atom. The van der Waals surface area contributed by atoms with Crippen molar-refractivity contribution < 1.29 is 9.47 Å². The summed E-state index contributed by atoms with van der Waals surface area (Å²) < 4.78 is 11.4. The number of methoxy groups -OCH3 is 1. The van der Waals surface area contributed by atoms with E-state index in [-0.39, 0.29) is 11.7 Å². The third-order valence-corrected chi connectivity index (χ3v) is 4.02. The number of likely N-dealkylation sites (tertiary alicyclic amines) is 1. The van der Waals surface area contributed by atoms with Crippen molar-refractivity contribution in [2.24, 2.45) is 0 Å². The zero-order valence-electron chi connectivity index (χ0n) is 10.8. The molecule has 2 aliphatic rings. The van der Waals surface area contributed by atoms with Crippen LogP contribution in [0, 0.1) is 0 Å². The van der Waals surface area contributed by atoms with Crippen molar-refractivity contribution in [2.75, 3.05) is 26.8 Å². The molecule has 0 aliphatic carbocycles. The van der Waals surface area contributed by atoms with Gasteiger partial charge in [0.2, 0.25) is 0 Å². The van der Waals surface area contributed by atoms with Gasteiger partial charge in [0.15, 0.2) is 0 Å². The minimum atomic E-state index is 0.0372. The zero-order chi connectivity index (χ0) is 12.4. The molecule has 0 aromatic carbocycles. The van der Waals surface area contributed by atoms with Crippen molar-refractivity contribution in [3.8, 4) is 0 Å². The lowest BCUT2D eigenvalue weighted by molar-refractivity contribution is 0.00627. The van der Waals surface area contributed by atoms with E-state index in [0.717, 1.165) is 44.8 Å². The van der Waals surface area contributed by atoms with Gasteiger partial charge in [0.1, 0.15) is 0 Å². The molecular formula is C14H20N2O2. The van der Waals surface area contributed by atoms with Crippen LogP contribution in [0.15, 0.2) is 24.4 Å². The first-order valence-corrected chi connectivity index (χ1v) is 6.59. The van der Waals surface area contributed by atoms with Crippen LogP contribution in [0.4, 0.5) is 0 Å². The van der Waals surface area contributed by atoms with E-state index in [1.807, 2.05) is 18.3 Å². The Morgan fingerprint density at radius 3 is 3.22 bits per heavy atom. The number of aromatic nitrogens is 1. The van der Waals surface area contributed by atoms with E-state index in [0.29, 0.717) is 0 Å². The summed E-state index contributed by atoms with van der Waals surface area (Å²) in [6.07, 6.45) is 4.27. The fourth-order valence-electron chi connectivity index (χ4n) is 3.02. The molecule has 1 aromatic heterocycles. The summed E-state index contributed by atoms with van der Waals surface area (Å²) >= 11 is 0. The SMILES string of the molecule is CO[C@@H]1CO[C@]2(CCN(Cc3ccccn3)C2)C1. The number of ether oxygens (including phenoxy) is 2. The Morgan fingerprint density at radius 1 is 1.56 bits per heavy atom. The van der Waals surface area contributed by atoms with Gasteiger partial charge in [0.05, 0.1) is 24.0 Å². The molecule has 0 N–H and O–H groups in total. The molecule has 1 spiro atoms. The quantitative estimate of drug-likeness (QED) is 0.811. The summed E-state index contributed by atoms with van der Waals surface area (Å²) in [5.74, 6) is 0. The molecular weight excluding hydrogens is 228 g/mol. The lowest BCUT2D eigenvalue weighted by Gasteiger charge is -2.23. The third-order valence-electron chi connectivity index (χ3n) is 4.02. The van der Waals surface area contributed by atoms with E-state index in [1.165, 1.54) is 0 Å². The molecule has 2 atom stereocenters. The van der Waals surface area contributed by atoms with Gasteiger partial charge in [-0.3, -0.25) is 9.88 Å². The maximum atomic E-state index is 5.99. The van der Waals surface area contributed by atoms with Gasteiger partial charge in [0.25, 0.3) is 0 Å². The van der Waals surface area contributed by atoms with Crippen LogP contribution in [-0.4, -0.2) is 48.4 Å². The van der Waals surface area contributed by atoms with Crippen LogP contribution in [0.25, 0.3) is 0 Å². The molecule has 2 saturated heterocycles. The van der Waals surface area contributed by atoms with Gasteiger partial charge in [0, 0.05) is 39.4 Å². The molecule has 18 heavy (non-hydrogen) atoms. The van der Waals surface area contributed by atoms with E-state index in [1.54, 1.807) is 7.11 Å². The summed E-state index contributed by atoms with van der Waals surface area (Å²) in [7, 11) is 1.77. The number of hydrogen-bond acceptors (Lipinski definition) is 4. The lowest BCUT2D eigenvalue weighted by Crippen LogP contribution is -2.33. The smallest absolute Gasteiger partial charge is 0.0847 e. The van der Waals surface area contributed by atoms with Crippen LogP contribution in [-0.2, 0) is 16.0 Å². The fourth-order valence-corrected chi connectivity index (χ4v) is 3.02. The number of nitrogens with zero attached hydrogens (tertiary/aromatic N) is 2. The minimum absolute atomic E-state index is 0.0372. The number of pyridine rings is 1. The summed E-state index contributed by atoms with van der Waals surface area (Å²) in [4.78, 5) is 6.81. The zero-order valence-corrected chi connectivity index (χ0v) is 10.8. The maximum absolute atomic E-state index is 5.99. The third kappa shape index (κ3) is 2.41. The standard InChI is InChI=1S/C14H20N2O2/c1-17-13-8-14(18-10-13)5-7-16(11-14)9-12-4-2-3-6-15-12/h2-4,6,13H,5,7-11H2,1H3/t13-,14+/m0/s1. The molecule has 0 amide bonds. The van der Waals surface area contributed by atoms with Crippen molar-refractivity contribution in [1.82, 2.24) is 9.88 Å². The number of rotatable bonds is 3. The van der Waals surface area contributed by atoms with Crippen LogP contribution in [0.1, 0.15) is 18.5 Å². The highest BCUT2D eigenvalue weighted by Crippen LogP contribution is 2.36. The molecule has 3 rings (SSSR count). The van der Waals surface area contributed by atoms with Gasteiger partial charge >= 0.3 is 0 Å². The van der Waals surface area contributed by atoms with Crippen LogP contribution >= 0.6 is 0 Å². The van der Waals surface area contributed by atoms with Gasteiger partial charge in [-0.2, -0.15) is 0 Å². The van der Waals surface area contributed by atoms with E-state index in [4.69, 9.17) is 9.47 Å².